The highest BCUT2D eigenvalue weighted by molar-refractivity contribution is 5.33. The molecule has 0 saturated heterocycles. The Morgan fingerprint density at radius 1 is 1.50 bits per heavy atom. The minimum absolute atomic E-state index is 0.157. The molecular formula is C13H15FN2O2. The zero-order chi connectivity index (χ0) is 13.1. The number of rotatable bonds is 4. The van der Waals surface area contributed by atoms with E-state index >= 15 is 0 Å². The largest absolute Gasteiger partial charge is 0.494 e. The summed E-state index contributed by atoms with van der Waals surface area (Å²) in [7, 11) is 1.40. The van der Waals surface area contributed by atoms with Gasteiger partial charge in [-0.15, -0.1) is 0 Å². The van der Waals surface area contributed by atoms with Crippen molar-refractivity contribution in [1.82, 2.24) is 9.55 Å². The molecule has 1 atom stereocenters. The Morgan fingerprint density at radius 2 is 2.28 bits per heavy atom. The molecular weight excluding hydrogens is 235 g/mol. The Labute approximate surface area is 105 Å². The average Bonchev–Trinajstić information content (AvgIpc) is 2.86. The van der Waals surface area contributed by atoms with Crippen LogP contribution in [0.25, 0.3) is 0 Å². The van der Waals surface area contributed by atoms with Crippen LogP contribution in [0, 0.1) is 5.82 Å². The van der Waals surface area contributed by atoms with Gasteiger partial charge < -0.3 is 14.4 Å². The van der Waals surface area contributed by atoms with E-state index in [4.69, 9.17) is 4.74 Å². The summed E-state index contributed by atoms with van der Waals surface area (Å²) in [4.78, 5) is 4.09. The fraction of sp³-hybridized carbons (Fsp3) is 0.308. The second-order valence-corrected chi connectivity index (χ2v) is 3.93. The Kier molecular flexibility index (Phi) is 3.62. The van der Waals surface area contributed by atoms with Crippen molar-refractivity contribution in [2.45, 2.75) is 19.6 Å². The predicted molar refractivity (Wildman–Crippen MR) is 64.9 cm³/mol. The predicted octanol–water partition coefficient (Wildman–Crippen LogP) is 2.13. The van der Waals surface area contributed by atoms with Crippen LogP contribution in [0.2, 0.25) is 0 Å². The average molecular weight is 250 g/mol. The van der Waals surface area contributed by atoms with Crippen LogP contribution in [0.15, 0.2) is 30.7 Å². The fourth-order valence-corrected chi connectivity index (χ4v) is 1.72. The minimum Gasteiger partial charge on any atom is -0.494 e. The number of imidazole rings is 1. The molecule has 5 heteroatoms. The van der Waals surface area contributed by atoms with Crippen LogP contribution in [0.4, 0.5) is 4.39 Å². The van der Waals surface area contributed by atoms with Crippen LogP contribution < -0.4 is 4.74 Å². The van der Waals surface area contributed by atoms with E-state index in [1.54, 1.807) is 18.6 Å². The zero-order valence-electron chi connectivity index (χ0n) is 10.3. The summed E-state index contributed by atoms with van der Waals surface area (Å²) in [6.45, 7) is 2.75. The van der Waals surface area contributed by atoms with Gasteiger partial charge in [-0.05, 0) is 24.6 Å². The number of methoxy groups -OCH3 is 1. The first-order valence-electron chi connectivity index (χ1n) is 5.69. The molecule has 96 valence electrons. The van der Waals surface area contributed by atoms with Crippen molar-refractivity contribution in [2.75, 3.05) is 7.11 Å². The number of aliphatic hydroxyl groups excluding tert-OH is 1. The quantitative estimate of drug-likeness (QED) is 0.904. The van der Waals surface area contributed by atoms with Gasteiger partial charge in [0.05, 0.1) is 19.1 Å². The Bertz CT molecular complexity index is 540. The molecule has 0 amide bonds. The van der Waals surface area contributed by atoms with E-state index in [1.807, 2.05) is 11.5 Å². The van der Waals surface area contributed by atoms with Gasteiger partial charge in [0.25, 0.3) is 0 Å². The fourth-order valence-electron chi connectivity index (χ4n) is 1.72. The van der Waals surface area contributed by atoms with Gasteiger partial charge in [-0.3, -0.25) is 0 Å². The van der Waals surface area contributed by atoms with Crippen molar-refractivity contribution in [2.24, 2.45) is 0 Å². The molecule has 2 rings (SSSR count). The SMILES string of the molecule is CCn1cnc(C(O)c2ccc(OC)c(F)c2)c1. The number of halogens is 1. The van der Waals surface area contributed by atoms with E-state index in [9.17, 15) is 9.50 Å². The molecule has 1 aromatic heterocycles. The lowest BCUT2D eigenvalue weighted by molar-refractivity contribution is 0.215. The molecule has 2 aromatic rings. The number of ether oxygens (including phenoxy) is 1. The molecule has 1 aromatic carbocycles. The van der Waals surface area contributed by atoms with Gasteiger partial charge in [0.2, 0.25) is 0 Å². The van der Waals surface area contributed by atoms with Crippen LogP contribution in [0.1, 0.15) is 24.3 Å². The summed E-state index contributed by atoms with van der Waals surface area (Å²) in [6, 6.07) is 4.37. The standard InChI is InChI=1S/C13H15FN2O2/c1-3-16-7-11(15-8-16)13(17)9-4-5-12(18-2)10(14)6-9/h4-8,13,17H,3H2,1-2H3. The van der Waals surface area contributed by atoms with Gasteiger partial charge in [-0.1, -0.05) is 6.07 Å². The lowest BCUT2D eigenvalue weighted by Crippen LogP contribution is -2.01. The van der Waals surface area contributed by atoms with E-state index in [0.717, 1.165) is 6.54 Å². The number of aryl methyl sites for hydroxylation is 1. The summed E-state index contributed by atoms with van der Waals surface area (Å²) in [5.41, 5.74) is 0.955. The molecule has 0 saturated carbocycles. The van der Waals surface area contributed by atoms with Crippen molar-refractivity contribution in [3.05, 3.63) is 47.8 Å². The van der Waals surface area contributed by atoms with Crippen LogP contribution in [-0.4, -0.2) is 21.8 Å². The third kappa shape index (κ3) is 2.36. The van der Waals surface area contributed by atoms with Gasteiger partial charge in [0.1, 0.15) is 6.10 Å². The van der Waals surface area contributed by atoms with Crippen molar-refractivity contribution >= 4 is 0 Å². The van der Waals surface area contributed by atoms with Crippen molar-refractivity contribution in [3.63, 3.8) is 0 Å². The number of aliphatic hydroxyl groups is 1. The van der Waals surface area contributed by atoms with Crippen molar-refractivity contribution in [1.29, 1.82) is 0 Å². The van der Waals surface area contributed by atoms with Gasteiger partial charge in [0.15, 0.2) is 11.6 Å². The zero-order valence-corrected chi connectivity index (χ0v) is 10.3. The molecule has 0 aliphatic carbocycles. The number of benzene rings is 1. The molecule has 1 unspecified atom stereocenters. The molecule has 0 aliphatic heterocycles. The first-order valence-corrected chi connectivity index (χ1v) is 5.69. The summed E-state index contributed by atoms with van der Waals surface area (Å²) in [5.74, 6) is -0.339. The highest BCUT2D eigenvalue weighted by Gasteiger charge is 2.15. The van der Waals surface area contributed by atoms with Crippen LogP contribution in [-0.2, 0) is 6.54 Å². The van der Waals surface area contributed by atoms with Crippen molar-refractivity contribution in [3.8, 4) is 5.75 Å². The van der Waals surface area contributed by atoms with Gasteiger partial charge in [-0.2, -0.15) is 0 Å². The van der Waals surface area contributed by atoms with Gasteiger partial charge in [-0.25, -0.2) is 9.37 Å². The maximum absolute atomic E-state index is 13.5. The molecule has 0 fully saturated rings. The first kappa shape index (κ1) is 12.6. The smallest absolute Gasteiger partial charge is 0.165 e. The van der Waals surface area contributed by atoms with Gasteiger partial charge in [0, 0.05) is 12.7 Å². The van der Waals surface area contributed by atoms with Crippen molar-refractivity contribution < 1.29 is 14.2 Å². The van der Waals surface area contributed by atoms with Gasteiger partial charge >= 0.3 is 0 Å². The summed E-state index contributed by atoms with van der Waals surface area (Å²) >= 11 is 0. The molecule has 1 heterocycles. The summed E-state index contributed by atoms with van der Waals surface area (Å²) in [6.07, 6.45) is 2.45. The molecule has 0 spiro atoms. The molecule has 0 aliphatic rings. The highest BCUT2D eigenvalue weighted by atomic mass is 19.1. The number of nitrogens with zero attached hydrogens (tertiary/aromatic N) is 2. The molecule has 0 radical (unpaired) electrons. The maximum atomic E-state index is 13.5. The van der Waals surface area contributed by atoms with E-state index in [1.165, 1.54) is 19.2 Å². The molecule has 0 bridgehead atoms. The second kappa shape index (κ2) is 5.18. The number of hydrogen-bond acceptors (Lipinski definition) is 3. The summed E-state index contributed by atoms with van der Waals surface area (Å²) < 4.78 is 20.2. The van der Waals surface area contributed by atoms with E-state index < -0.39 is 11.9 Å². The Balaban J connectivity index is 2.27. The third-order valence-corrected chi connectivity index (χ3v) is 2.79. The summed E-state index contributed by atoms with van der Waals surface area (Å²) in [5, 5.41) is 10.1. The Morgan fingerprint density at radius 3 is 2.83 bits per heavy atom. The lowest BCUT2D eigenvalue weighted by atomic mass is 10.1. The second-order valence-electron chi connectivity index (χ2n) is 3.93. The van der Waals surface area contributed by atoms with E-state index in [2.05, 4.69) is 4.98 Å². The molecule has 4 nitrogen and oxygen atoms in total. The first-order chi connectivity index (χ1) is 8.65. The number of hydrogen-bond donors (Lipinski definition) is 1. The molecule has 18 heavy (non-hydrogen) atoms. The topological polar surface area (TPSA) is 47.3 Å². The van der Waals surface area contributed by atoms with E-state index in [-0.39, 0.29) is 5.75 Å². The van der Waals surface area contributed by atoms with Crippen LogP contribution >= 0.6 is 0 Å². The van der Waals surface area contributed by atoms with E-state index in [0.29, 0.717) is 11.3 Å². The third-order valence-electron chi connectivity index (χ3n) is 2.79. The Hall–Kier alpha value is -1.88. The normalized spacial score (nSPS) is 12.4. The molecule has 1 N–H and O–H groups in total. The minimum atomic E-state index is -0.932. The monoisotopic (exact) mass is 250 g/mol. The van der Waals surface area contributed by atoms with Crippen LogP contribution in [0.3, 0.4) is 0 Å². The maximum Gasteiger partial charge on any atom is 0.165 e. The lowest BCUT2D eigenvalue weighted by Gasteiger charge is -2.10. The number of aromatic nitrogens is 2. The highest BCUT2D eigenvalue weighted by Crippen LogP contribution is 2.25. The van der Waals surface area contributed by atoms with Crippen LogP contribution in [0.5, 0.6) is 5.75 Å².